The molecule has 17 heavy (non-hydrogen) atoms. The van der Waals surface area contributed by atoms with E-state index >= 15 is 0 Å². The molecule has 0 aliphatic carbocycles. The Balaban J connectivity index is 2.73. The lowest BCUT2D eigenvalue weighted by molar-refractivity contribution is 0.0959. The molecule has 94 valence electrons. The van der Waals surface area contributed by atoms with Crippen molar-refractivity contribution in [3.63, 3.8) is 0 Å². The number of amides is 1. The monoisotopic (exact) mass is 315 g/mol. The second kappa shape index (κ2) is 5.80. The third-order valence-corrected chi connectivity index (χ3v) is 4.24. The van der Waals surface area contributed by atoms with Crippen LogP contribution in [0.1, 0.15) is 15.9 Å². The van der Waals surface area contributed by atoms with Crippen molar-refractivity contribution in [1.29, 1.82) is 0 Å². The predicted octanol–water partition coefficient (Wildman–Crippen LogP) is 2.55. The molecule has 2 N–H and O–H groups in total. The smallest absolute Gasteiger partial charge is 0.251 e. The molecule has 1 aromatic carbocycles. The van der Waals surface area contributed by atoms with E-state index < -0.39 is 8.07 Å². The number of halogens is 1. The summed E-state index contributed by atoms with van der Waals surface area (Å²) in [6.07, 6.45) is 0.769. The number of hydrogen-bond donors (Lipinski definition) is 2. The molecule has 0 saturated carbocycles. The van der Waals surface area contributed by atoms with Crippen LogP contribution in [0.2, 0.25) is 19.6 Å². The van der Waals surface area contributed by atoms with E-state index in [1.54, 1.807) is 18.2 Å². The van der Waals surface area contributed by atoms with Crippen LogP contribution < -0.4 is 5.32 Å². The van der Waals surface area contributed by atoms with Crippen LogP contribution in [0.25, 0.3) is 0 Å². The van der Waals surface area contributed by atoms with Gasteiger partial charge in [-0.2, -0.15) is 0 Å². The van der Waals surface area contributed by atoms with Crippen LogP contribution in [-0.4, -0.2) is 25.3 Å². The fraction of sp³-hybridized carbons (Fsp3) is 0.417. The summed E-state index contributed by atoms with van der Waals surface area (Å²) >= 11 is 3.33. The largest absolute Gasteiger partial charge is 0.392 e. The fourth-order valence-electron chi connectivity index (χ4n) is 1.26. The number of rotatable bonds is 4. The SMILES string of the molecule is C[Si](C)(C)CNC(=O)c1ccc(CO)c(Br)c1. The first-order valence-corrected chi connectivity index (χ1v) is 10.0. The highest BCUT2D eigenvalue weighted by molar-refractivity contribution is 9.10. The highest BCUT2D eigenvalue weighted by atomic mass is 79.9. The van der Waals surface area contributed by atoms with Crippen LogP contribution in [0.15, 0.2) is 22.7 Å². The van der Waals surface area contributed by atoms with E-state index in [2.05, 4.69) is 40.9 Å². The first-order valence-electron chi connectivity index (χ1n) is 5.51. The van der Waals surface area contributed by atoms with Gasteiger partial charge in [-0.05, 0) is 17.7 Å². The summed E-state index contributed by atoms with van der Waals surface area (Å²) in [4.78, 5) is 11.9. The van der Waals surface area contributed by atoms with Gasteiger partial charge in [0.2, 0.25) is 0 Å². The zero-order chi connectivity index (χ0) is 13.1. The molecule has 0 saturated heterocycles. The van der Waals surface area contributed by atoms with Crippen molar-refractivity contribution in [3.05, 3.63) is 33.8 Å². The van der Waals surface area contributed by atoms with Gasteiger partial charge in [-0.3, -0.25) is 4.79 Å². The minimum absolute atomic E-state index is 0.0304. The Labute approximate surface area is 111 Å². The van der Waals surface area contributed by atoms with Crippen LogP contribution in [0.4, 0.5) is 0 Å². The second-order valence-corrected chi connectivity index (χ2v) is 11.5. The van der Waals surface area contributed by atoms with Crippen molar-refractivity contribution in [2.45, 2.75) is 26.2 Å². The van der Waals surface area contributed by atoms with Crippen molar-refractivity contribution in [2.75, 3.05) is 6.17 Å². The molecular weight excluding hydrogens is 298 g/mol. The Morgan fingerprint density at radius 1 is 1.41 bits per heavy atom. The Morgan fingerprint density at radius 2 is 2.06 bits per heavy atom. The quantitative estimate of drug-likeness (QED) is 0.839. The number of carbonyl (C=O) groups excluding carboxylic acids is 1. The molecule has 1 amide bonds. The summed E-state index contributed by atoms with van der Waals surface area (Å²) < 4.78 is 0.764. The zero-order valence-corrected chi connectivity index (χ0v) is 13.0. The van der Waals surface area contributed by atoms with E-state index in [0.717, 1.165) is 16.2 Å². The molecule has 0 fully saturated rings. The van der Waals surface area contributed by atoms with Gasteiger partial charge in [0.25, 0.3) is 5.91 Å². The minimum atomic E-state index is -1.27. The number of hydrogen-bond acceptors (Lipinski definition) is 2. The molecule has 0 aliphatic rings. The lowest BCUT2D eigenvalue weighted by Crippen LogP contribution is -2.39. The van der Waals surface area contributed by atoms with Gasteiger partial charge in [-0.15, -0.1) is 0 Å². The molecule has 1 rings (SSSR count). The zero-order valence-electron chi connectivity index (χ0n) is 10.4. The molecule has 3 nitrogen and oxygen atoms in total. The maximum absolute atomic E-state index is 11.9. The van der Waals surface area contributed by atoms with E-state index in [4.69, 9.17) is 5.11 Å². The number of aliphatic hydroxyl groups is 1. The third-order valence-electron chi connectivity index (χ3n) is 2.26. The highest BCUT2D eigenvalue weighted by Gasteiger charge is 2.15. The average Bonchev–Trinajstić information content (AvgIpc) is 2.24. The van der Waals surface area contributed by atoms with Gasteiger partial charge in [0.05, 0.1) is 14.7 Å². The Morgan fingerprint density at radius 3 is 2.53 bits per heavy atom. The maximum atomic E-state index is 11.9. The fourth-order valence-corrected chi connectivity index (χ4v) is 2.46. The van der Waals surface area contributed by atoms with Gasteiger partial charge in [0.1, 0.15) is 0 Å². The summed E-state index contributed by atoms with van der Waals surface area (Å²) in [5.74, 6) is -0.0578. The second-order valence-electron chi connectivity index (χ2n) is 5.21. The van der Waals surface area contributed by atoms with Gasteiger partial charge in [-0.25, -0.2) is 0 Å². The van der Waals surface area contributed by atoms with Gasteiger partial charge >= 0.3 is 0 Å². The molecule has 5 heteroatoms. The molecule has 0 spiro atoms. The maximum Gasteiger partial charge on any atom is 0.251 e. The summed E-state index contributed by atoms with van der Waals surface area (Å²) in [5, 5.41) is 12.0. The molecule has 0 bridgehead atoms. The lowest BCUT2D eigenvalue weighted by Gasteiger charge is -2.16. The number of nitrogens with one attached hydrogen (secondary N) is 1. The summed E-state index contributed by atoms with van der Waals surface area (Å²) in [7, 11) is -1.27. The first-order chi connectivity index (χ1) is 7.83. The average molecular weight is 316 g/mol. The van der Waals surface area contributed by atoms with Crippen LogP contribution in [0.5, 0.6) is 0 Å². The topological polar surface area (TPSA) is 49.3 Å². The molecule has 1 aromatic rings. The first kappa shape index (κ1) is 14.4. The van der Waals surface area contributed by atoms with Crippen molar-refractivity contribution >= 4 is 29.9 Å². The van der Waals surface area contributed by atoms with Crippen molar-refractivity contribution < 1.29 is 9.90 Å². The van der Waals surface area contributed by atoms with E-state index in [-0.39, 0.29) is 12.5 Å². The Kier molecular flexibility index (Phi) is 4.91. The lowest BCUT2D eigenvalue weighted by atomic mass is 10.1. The highest BCUT2D eigenvalue weighted by Crippen LogP contribution is 2.18. The molecule has 0 atom stereocenters. The van der Waals surface area contributed by atoms with Crippen molar-refractivity contribution in [2.24, 2.45) is 0 Å². The summed E-state index contributed by atoms with van der Waals surface area (Å²) in [6.45, 7) is 6.59. The van der Waals surface area contributed by atoms with Crippen LogP contribution in [-0.2, 0) is 6.61 Å². The van der Waals surface area contributed by atoms with Crippen molar-refractivity contribution in [1.82, 2.24) is 5.32 Å². The number of carbonyl (C=O) groups is 1. The van der Waals surface area contributed by atoms with Crippen LogP contribution in [0.3, 0.4) is 0 Å². The van der Waals surface area contributed by atoms with E-state index in [9.17, 15) is 4.79 Å². The van der Waals surface area contributed by atoms with Gasteiger partial charge in [0, 0.05) is 16.2 Å². The number of benzene rings is 1. The minimum Gasteiger partial charge on any atom is -0.392 e. The van der Waals surface area contributed by atoms with E-state index in [1.165, 1.54) is 0 Å². The van der Waals surface area contributed by atoms with Gasteiger partial charge < -0.3 is 10.4 Å². The third kappa shape index (κ3) is 4.61. The van der Waals surface area contributed by atoms with Crippen LogP contribution in [0, 0.1) is 0 Å². The molecule has 0 aromatic heterocycles. The molecule has 0 radical (unpaired) electrons. The summed E-state index contributed by atoms with van der Waals surface area (Å²) in [6, 6.07) is 5.23. The van der Waals surface area contributed by atoms with E-state index in [1.807, 2.05) is 0 Å². The Hall–Kier alpha value is -0.653. The molecule has 0 aliphatic heterocycles. The standard InChI is InChI=1S/C12H18BrNO2Si/c1-17(2,3)8-14-12(16)9-4-5-10(7-15)11(13)6-9/h4-6,15H,7-8H2,1-3H3,(H,14,16). The van der Waals surface area contributed by atoms with Gasteiger partial charge in [-0.1, -0.05) is 41.6 Å². The van der Waals surface area contributed by atoms with Crippen LogP contribution >= 0.6 is 15.9 Å². The van der Waals surface area contributed by atoms with Gasteiger partial charge in [0.15, 0.2) is 0 Å². The molecule has 0 heterocycles. The normalized spacial score (nSPS) is 11.4. The Bertz CT molecular complexity index is 415. The summed E-state index contributed by atoms with van der Waals surface area (Å²) in [5.41, 5.74) is 1.40. The van der Waals surface area contributed by atoms with Crippen molar-refractivity contribution in [3.8, 4) is 0 Å². The predicted molar refractivity (Wildman–Crippen MR) is 75.7 cm³/mol. The molecular formula is C12H18BrNO2Si. The number of aliphatic hydroxyl groups excluding tert-OH is 1. The van der Waals surface area contributed by atoms with E-state index in [0.29, 0.717) is 5.56 Å². The molecule has 0 unspecified atom stereocenters.